The SMILES string of the molecule is C/C(=C\NC(=O)NC(C)C1CC2CCC1C2)C1CC1. The van der Waals surface area contributed by atoms with Crippen LogP contribution in [-0.2, 0) is 0 Å². The number of allylic oxidation sites excluding steroid dienone is 1. The van der Waals surface area contributed by atoms with Gasteiger partial charge in [0.1, 0.15) is 0 Å². The first kappa shape index (κ1) is 13.0. The number of carbonyl (C=O) groups excluding carboxylic acids is 1. The van der Waals surface area contributed by atoms with Crippen LogP contribution < -0.4 is 10.6 Å². The molecule has 106 valence electrons. The summed E-state index contributed by atoms with van der Waals surface area (Å²) in [5, 5.41) is 6.02. The number of fused-ring (bicyclic) bond motifs is 2. The van der Waals surface area contributed by atoms with Crippen molar-refractivity contribution >= 4 is 6.03 Å². The Balaban J connectivity index is 1.45. The normalized spacial score (nSPS) is 35.3. The second-order valence-electron chi connectivity index (χ2n) is 6.91. The number of nitrogens with one attached hydrogen (secondary N) is 2. The molecule has 0 aromatic heterocycles. The molecule has 0 heterocycles. The first-order valence-corrected chi connectivity index (χ1v) is 7.87. The molecule has 3 saturated carbocycles. The molecule has 0 aromatic rings. The van der Waals surface area contributed by atoms with E-state index in [2.05, 4.69) is 24.5 Å². The van der Waals surface area contributed by atoms with Gasteiger partial charge in [0.2, 0.25) is 0 Å². The van der Waals surface area contributed by atoms with Gasteiger partial charge in [-0.05, 0) is 69.6 Å². The summed E-state index contributed by atoms with van der Waals surface area (Å²) in [6, 6.07) is 0.278. The maximum atomic E-state index is 11.9. The van der Waals surface area contributed by atoms with Gasteiger partial charge in [-0.2, -0.15) is 0 Å². The van der Waals surface area contributed by atoms with Crippen LogP contribution in [0.15, 0.2) is 11.8 Å². The standard InChI is InChI=1S/C16H26N2O/c1-10(13-5-6-13)9-17-16(19)18-11(2)15-8-12-3-4-14(15)7-12/h9,11-15H,3-8H2,1-2H3,(H2,17,18,19)/b10-9+. The summed E-state index contributed by atoms with van der Waals surface area (Å²) < 4.78 is 0. The third kappa shape index (κ3) is 2.96. The van der Waals surface area contributed by atoms with E-state index in [1.54, 1.807) is 0 Å². The molecule has 3 nitrogen and oxygen atoms in total. The molecule has 4 atom stereocenters. The van der Waals surface area contributed by atoms with Crippen molar-refractivity contribution in [2.24, 2.45) is 23.7 Å². The molecule has 2 amide bonds. The molecule has 2 bridgehead atoms. The van der Waals surface area contributed by atoms with Crippen molar-refractivity contribution in [3.63, 3.8) is 0 Å². The lowest BCUT2D eigenvalue weighted by molar-refractivity contribution is 0.223. The van der Waals surface area contributed by atoms with Gasteiger partial charge in [0.25, 0.3) is 0 Å². The van der Waals surface area contributed by atoms with Crippen molar-refractivity contribution < 1.29 is 4.79 Å². The maximum Gasteiger partial charge on any atom is 0.318 e. The van der Waals surface area contributed by atoms with Crippen molar-refractivity contribution in [1.29, 1.82) is 0 Å². The molecular weight excluding hydrogens is 236 g/mol. The highest BCUT2D eigenvalue weighted by Crippen LogP contribution is 2.49. The van der Waals surface area contributed by atoms with Crippen molar-refractivity contribution in [2.75, 3.05) is 0 Å². The molecule has 3 rings (SSSR count). The third-order valence-electron chi connectivity index (χ3n) is 5.45. The fourth-order valence-corrected chi connectivity index (χ4v) is 4.10. The van der Waals surface area contributed by atoms with Gasteiger partial charge in [0.05, 0.1) is 0 Å². The average Bonchev–Trinajstić information content (AvgIpc) is 3.03. The Kier molecular flexibility index (Phi) is 3.55. The molecule has 3 heteroatoms. The van der Waals surface area contributed by atoms with Gasteiger partial charge in [0.15, 0.2) is 0 Å². The second kappa shape index (κ2) is 5.18. The van der Waals surface area contributed by atoms with Gasteiger partial charge in [-0.15, -0.1) is 0 Å². The van der Waals surface area contributed by atoms with Crippen LogP contribution in [0, 0.1) is 23.7 Å². The van der Waals surface area contributed by atoms with Crippen molar-refractivity contribution in [1.82, 2.24) is 10.6 Å². The van der Waals surface area contributed by atoms with Crippen molar-refractivity contribution in [3.05, 3.63) is 11.8 Å². The fourth-order valence-electron chi connectivity index (χ4n) is 4.10. The van der Waals surface area contributed by atoms with E-state index >= 15 is 0 Å². The van der Waals surface area contributed by atoms with Crippen molar-refractivity contribution in [3.8, 4) is 0 Å². The predicted molar refractivity (Wildman–Crippen MR) is 76.5 cm³/mol. The van der Waals surface area contributed by atoms with E-state index in [1.165, 1.54) is 44.1 Å². The highest BCUT2D eigenvalue weighted by atomic mass is 16.2. The fraction of sp³-hybridized carbons (Fsp3) is 0.812. The number of carbonyl (C=O) groups is 1. The monoisotopic (exact) mass is 262 g/mol. The number of urea groups is 1. The summed E-state index contributed by atoms with van der Waals surface area (Å²) >= 11 is 0. The summed E-state index contributed by atoms with van der Waals surface area (Å²) in [6.07, 6.45) is 9.98. The van der Waals surface area contributed by atoms with Gasteiger partial charge in [-0.25, -0.2) is 4.79 Å². The molecule has 0 saturated heterocycles. The molecular formula is C16H26N2O. The first-order valence-electron chi connectivity index (χ1n) is 7.87. The number of amides is 2. The Labute approximate surface area is 116 Å². The number of hydrogen-bond donors (Lipinski definition) is 2. The van der Waals surface area contributed by atoms with E-state index in [4.69, 9.17) is 0 Å². The van der Waals surface area contributed by atoms with Crippen molar-refractivity contribution in [2.45, 2.75) is 58.4 Å². The molecule has 0 aromatic carbocycles. The molecule has 3 aliphatic rings. The Morgan fingerprint density at radius 1 is 1.21 bits per heavy atom. The largest absolute Gasteiger partial charge is 0.335 e. The lowest BCUT2D eigenvalue weighted by Gasteiger charge is -2.28. The zero-order chi connectivity index (χ0) is 13.4. The quantitative estimate of drug-likeness (QED) is 0.800. The van der Waals surface area contributed by atoms with Crippen LogP contribution in [-0.4, -0.2) is 12.1 Å². The van der Waals surface area contributed by atoms with E-state index in [0.717, 1.165) is 17.8 Å². The predicted octanol–water partition coefficient (Wildman–Crippen LogP) is 3.42. The van der Waals surface area contributed by atoms with Crippen LogP contribution in [0.2, 0.25) is 0 Å². The highest BCUT2D eigenvalue weighted by molar-refractivity contribution is 5.75. The molecule has 3 aliphatic carbocycles. The molecule has 4 unspecified atom stereocenters. The van der Waals surface area contributed by atoms with Gasteiger partial charge >= 0.3 is 6.03 Å². The van der Waals surface area contributed by atoms with Crippen LogP contribution in [0.1, 0.15) is 52.4 Å². The van der Waals surface area contributed by atoms with Crippen LogP contribution in [0.3, 0.4) is 0 Å². The second-order valence-corrected chi connectivity index (χ2v) is 6.91. The van der Waals surface area contributed by atoms with E-state index in [-0.39, 0.29) is 6.03 Å². The zero-order valence-electron chi connectivity index (χ0n) is 12.1. The van der Waals surface area contributed by atoms with Gasteiger partial charge in [-0.1, -0.05) is 12.0 Å². The van der Waals surface area contributed by atoms with Gasteiger partial charge in [0, 0.05) is 12.2 Å². The van der Waals surface area contributed by atoms with Gasteiger partial charge < -0.3 is 10.6 Å². The zero-order valence-corrected chi connectivity index (χ0v) is 12.1. The molecule has 0 radical (unpaired) electrons. The van der Waals surface area contributed by atoms with E-state index in [9.17, 15) is 4.79 Å². The molecule has 0 aliphatic heterocycles. The van der Waals surface area contributed by atoms with Crippen LogP contribution in [0.5, 0.6) is 0 Å². The molecule has 2 N–H and O–H groups in total. The summed E-state index contributed by atoms with van der Waals surface area (Å²) in [5.41, 5.74) is 1.31. The molecule has 3 fully saturated rings. The minimum atomic E-state index is -0.0322. The lowest BCUT2D eigenvalue weighted by Crippen LogP contribution is -2.43. The molecule has 0 spiro atoms. The number of rotatable bonds is 4. The first-order chi connectivity index (χ1) is 9.13. The lowest BCUT2D eigenvalue weighted by atomic mass is 9.84. The minimum absolute atomic E-state index is 0.0322. The molecule has 19 heavy (non-hydrogen) atoms. The summed E-state index contributed by atoms with van der Waals surface area (Å²) in [4.78, 5) is 11.9. The van der Waals surface area contributed by atoms with Crippen LogP contribution in [0.4, 0.5) is 4.79 Å². The third-order valence-corrected chi connectivity index (χ3v) is 5.45. The van der Waals surface area contributed by atoms with Crippen LogP contribution in [0.25, 0.3) is 0 Å². The topological polar surface area (TPSA) is 41.1 Å². The van der Waals surface area contributed by atoms with E-state index in [0.29, 0.717) is 12.0 Å². The Morgan fingerprint density at radius 3 is 2.58 bits per heavy atom. The smallest absolute Gasteiger partial charge is 0.318 e. The summed E-state index contributed by atoms with van der Waals surface area (Å²) in [5.74, 6) is 3.24. The Hall–Kier alpha value is -0.990. The Morgan fingerprint density at radius 2 is 2.00 bits per heavy atom. The van der Waals surface area contributed by atoms with E-state index < -0.39 is 0 Å². The minimum Gasteiger partial charge on any atom is -0.335 e. The van der Waals surface area contributed by atoms with E-state index in [1.807, 2.05) is 6.20 Å². The summed E-state index contributed by atoms with van der Waals surface area (Å²) in [7, 11) is 0. The average molecular weight is 262 g/mol. The summed E-state index contributed by atoms with van der Waals surface area (Å²) in [6.45, 7) is 4.28. The number of hydrogen-bond acceptors (Lipinski definition) is 1. The maximum absolute atomic E-state index is 11.9. The van der Waals surface area contributed by atoms with Gasteiger partial charge in [-0.3, -0.25) is 0 Å². The van der Waals surface area contributed by atoms with Crippen LogP contribution >= 0.6 is 0 Å². The Bertz CT molecular complexity index is 386. The highest BCUT2D eigenvalue weighted by Gasteiger charge is 2.42.